The van der Waals surface area contributed by atoms with Crippen LogP contribution in [0.1, 0.15) is 118 Å². The fourth-order valence-corrected chi connectivity index (χ4v) is 17.6. The third-order valence-electron chi connectivity index (χ3n) is 21.3. The van der Waals surface area contributed by atoms with Gasteiger partial charge in [-0.2, -0.15) is 0 Å². The minimum absolute atomic E-state index is 0.0370. The summed E-state index contributed by atoms with van der Waals surface area (Å²) in [6, 6.07) is 33.3. The van der Waals surface area contributed by atoms with E-state index in [2.05, 4.69) is 106 Å². The second kappa shape index (κ2) is 23.0. The van der Waals surface area contributed by atoms with Crippen LogP contribution >= 0.6 is 0 Å². The molecule has 13 atom stereocenters. The van der Waals surface area contributed by atoms with Crippen LogP contribution in [0.5, 0.6) is 5.75 Å². The number of phenols is 1. The van der Waals surface area contributed by atoms with Gasteiger partial charge in [0.2, 0.25) is 0 Å². The van der Waals surface area contributed by atoms with Crippen molar-refractivity contribution in [3.8, 4) is 28.7 Å². The van der Waals surface area contributed by atoms with Crippen LogP contribution in [0.15, 0.2) is 137 Å². The lowest BCUT2D eigenvalue weighted by Gasteiger charge is -2.56. The van der Waals surface area contributed by atoms with Gasteiger partial charge in [-0.05, 0) is 226 Å². The van der Waals surface area contributed by atoms with Crippen LogP contribution < -0.4 is 21.3 Å². The van der Waals surface area contributed by atoms with Crippen molar-refractivity contribution in [1.29, 1.82) is 0 Å². The summed E-state index contributed by atoms with van der Waals surface area (Å²) >= 11 is 0. The molecule has 2 saturated carbocycles. The van der Waals surface area contributed by atoms with Gasteiger partial charge < -0.3 is 51.2 Å². The monoisotopic (exact) mass is 1120 g/mol. The van der Waals surface area contributed by atoms with Gasteiger partial charge in [0.1, 0.15) is 17.3 Å². The number of β-amino-alcohol motifs (C(OH)–C–C–N with tert-alkyl or cyclic N) is 1. The van der Waals surface area contributed by atoms with Crippen molar-refractivity contribution in [2.75, 3.05) is 39.9 Å². The molecule has 4 aromatic rings. The Kier molecular flexibility index (Phi) is 15.5. The number of cyclic esters (lactones) is 1. The van der Waals surface area contributed by atoms with Crippen LogP contribution in [0, 0.1) is 70.0 Å². The zero-order valence-electron chi connectivity index (χ0n) is 48.2. The van der Waals surface area contributed by atoms with E-state index in [-0.39, 0.29) is 78.1 Å². The number of carbonyl (C=O) groups excluding carboxylic acids is 2. The molecule has 0 unspecified atom stereocenters. The normalized spacial score (nSPS) is 34.5. The van der Waals surface area contributed by atoms with Crippen molar-refractivity contribution in [3.63, 3.8) is 0 Å². The van der Waals surface area contributed by atoms with Gasteiger partial charge in [0, 0.05) is 55.1 Å². The number of allylic oxidation sites excluding steroid dienone is 5. The summed E-state index contributed by atoms with van der Waals surface area (Å²) in [4.78, 5) is 30.7. The van der Waals surface area contributed by atoms with Crippen molar-refractivity contribution >= 4 is 17.5 Å². The van der Waals surface area contributed by atoms with E-state index in [1.807, 2.05) is 44.3 Å². The Bertz CT molecular complexity index is 3350. The number of nitrogens with one attached hydrogen (secondary N) is 4. The zero-order valence-corrected chi connectivity index (χ0v) is 48.2. The van der Waals surface area contributed by atoms with Crippen LogP contribution in [0.2, 0.25) is 0 Å². The number of aromatic hydroxyl groups is 1. The number of esters is 2. The summed E-state index contributed by atoms with van der Waals surface area (Å²) in [6.45, 7) is 4.39. The summed E-state index contributed by atoms with van der Waals surface area (Å²) in [7, 11) is 2.03. The summed E-state index contributed by atoms with van der Waals surface area (Å²) in [6.07, 6.45) is 14.7. The van der Waals surface area contributed by atoms with Gasteiger partial charge in [-0.15, -0.1) is 0 Å². The topological polar surface area (TPSA) is 182 Å². The maximum atomic E-state index is 15.4. The average molecular weight is 1120 g/mol. The van der Waals surface area contributed by atoms with E-state index >= 15 is 9.59 Å². The Morgan fingerprint density at radius 2 is 1.70 bits per heavy atom. The van der Waals surface area contributed by atoms with Gasteiger partial charge in [0.25, 0.3) is 0 Å². The molecule has 4 fully saturated rings. The molecule has 11 aliphatic rings. The number of benzene rings is 4. The van der Waals surface area contributed by atoms with E-state index in [9.17, 15) is 20.4 Å². The fraction of sp³-hybridized carbons (Fsp3) is 0.493. The maximum Gasteiger partial charge on any atom is 0.340 e. The number of phenolic OH excluding ortho intramolecular Hbond substituents is 1. The number of carbonyl (C=O) groups is 2. The first kappa shape index (κ1) is 56.0. The SMILES string of the molecule is CN[C@@H]1C[C@@H]([C@@]23C/C=C4\OC(=O)C5=C4CC[C@H]4[C@H]6CC[C@]7(C(=C6c6cc(O)ccc6-c6cccc(c6)CNCCc6cccc(c6)[C@H]6NC[C@](C)(O)CC#C[C@@H](CO)C[C@@H](C2)[C@@H]6C3)C(=O)O/C7=C\[C@H](CCO)Cc2ccccc2)[C@@H]54)CCN1. The van der Waals surface area contributed by atoms with Gasteiger partial charge in [-0.1, -0.05) is 90.7 Å². The highest BCUT2D eigenvalue weighted by Crippen LogP contribution is 2.72. The first-order valence-corrected chi connectivity index (χ1v) is 31.0. The van der Waals surface area contributed by atoms with Crippen molar-refractivity contribution in [1.82, 2.24) is 21.3 Å². The Morgan fingerprint density at radius 1 is 0.843 bits per heavy atom. The molecule has 2 saturated heterocycles. The van der Waals surface area contributed by atoms with Crippen LogP contribution in [-0.4, -0.2) is 84.0 Å². The largest absolute Gasteiger partial charge is 0.508 e. The molecule has 15 rings (SSSR count). The summed E-state index contributed by atoms with van der Waals surface area (Å²) in [5.41, 5.74) is 8.17. The molecule has 8 N–H and O–H groups in total. The first-order valence-electron chi connectivity index (χ1n) is 31.0. The van der Waals surface area contributed by atoms with Gasteiger partial charge in [0.05, 0.1) is 29.4 Å². The number of fused-ring (bicyclic) bond motifs is 5. The van der Waals surface area contributed by atoms with Crippen LogP contribution in [0.4, 0.5) is 0 Å². The Morgan fingerprint density at radius 3 is 2.54 bits per heavy atom. The third kappa shape index (κ3) is 10.5. The number of hydrogen-bond donors (Lipinski definition) is 8. The van der Waals surface area contributed by atoms with Gasteiger partial charge >= 0.3 is 11.9 Å². The predicted octanol–water partition coefficient (Wildman–Crippen LogP) is 9.75. The quantitative estimate of drug-likeness (QED) is 0.0619. The van der Waals surface area contributed by atoms with Gasteiger partial charge in [-0.3, -0.25) is 0 Å². The molecular weight excluding hydrogens is 1040 g/mol. The van der Waals surface area contributed by atoms with E-state index in [1.165, 1.54) is 11.1 Å². The standard InChI is InChI=1S/C71H82N4O8/c1-69(81)25-8-13-47(41-77)34-50-38-70(51-23-29-74-61(36-51)72-2)26-21-59-56-19-18-55-54-20-27-71(64(55)63(56)67(79)82-59)60(35-45(24-30-76)31-43-9-4-3-5-10-43)83-68(80)65(71)62(54)57-37-52(78)16-17-53(57)48-14-7-12-46(33-48)40-73-28-22-44-11-6-15-49(32-44)66(75-42-69)58(50)39-70/h3-7,9-12,14-17,21,32-33,35,37,45,47,50-51,54-55,58,61,64,66,72-78,81H,18-20,22-31,34,36,38-42H2,1-2H3/b59-21-,60-35-/t45-,47-,50+,51+,54-,55+,58+,61+,64-,66-,69-,70+,71-/m1/s1. The van der Waals surface area contributed by atoms with Crippen molar-refractivity contribution < 1.29 is 39.5 Å². The lowest BCUT2D eigenvalue weighted by molar-refractivity contribution is -0.135. The second-order valence-electron chi connectivity index (χ2n) is 26.3. The van der Waals surface area contributed by atoms with Crippen molar-refractivity contribution in [2.45, 2.75) is 121 Å². The molecule has 434 valence electrons. The Hall–Kier alpha value is -6.14. The molecule has 12 heteroatoms. The second-order valence-corrected chi connectivity index (χ2v) is 26.3. The highest BCUT2D eigenvalue weighted by molar-refractivity contribution is 6.07. The molecule has 12 nitrogen and oxygen atoms in total. The average Bonchev–Trinajstić information content (AvgIpc) is 1.87. The number of piperidine rings is 1. The van der Waals surface area contributed by atoms with E-state index in [0.717, 1.165) is 103 Å². The third-order valence-corrected chi connectivity index (χ3v) is 21.3. The molecule has 6 aliphatic heterocycles. The summed E-state index contributed by atoms with van der Waals surface area (Å²) < 4.78 is 13.5. The first-order chi connectivity index (χ1) is 40.4. The number of aliphatic hydroxyl groups is 3. The molecule has 4 aromatic carbocycles. The van der Waals surface area contributed by atoms with E-state index < -0.39 is 22.9 Å². The molecule has 0 amide bonds. The predicted molar refractivity (Wildman–Crippen MR) is 320 cm³/mol. The Balaban J connectivity index is 0.997. The molecular formula is C71H82N4O8. The number of rotatable bonds is 8. The zero-order chi connectivity index (χ0) is 57.0. The van der Waals surface area contributed by atoms with Crippen molar-refractivity contribution in [2.24, 2.45) is 58.2 Å². The molecule has 83 heavy (non-hydrogen) atoms. The lowest BCUT2D eigenvalue weighted by atomic mass is 9.44. The smallest absolute Gasteiger partial charge is 0.340 e. The molecule has 0 radical (unpaired) electrons. The maximum absolute atomic E-state index is 15.4. The van der Waals surface area contributed by atoms with E-state index in [4.69, 9.17) is 9.47 Å². The number of ether oxygens (including phenoxy) is 2. The molecule has 14 bridgehead atoms. The van der Waals surface area contributed by atoms with Crippen molar-refractivity contribution in [3.05, 3.63) is 165 Å². The minimum Gasteiger partial charge on any atom is -0.508 e. The van der Waals surface area contributed by atoms with Gasteiger partial charge in [-0.25, -0.2) is 9.59 Å². The van der Waals surface area contributed by atoms with Crippen LogP contribution in [0.25, 0.3) is 16.7 Å². The molecule has 5 aliphatic carbocycles. The number of aliphatic hydroxyl groups excluding tert-OH is 2. The molecule has 0 aromatic heterocycles. The van der Waals surface area contributed by atoms with E-state index in [1.54, 1.807) is 6.07 Å². The minimum atomic E-state index is -1.09. The summed E-state index contributed by atoms with van der Waals surface area (Å²) in [5, 5.41) is 60.0. The lowest BCUT2D eigenvalue weighted by Crippen LogP contribution is -2.52. The van der Waals surface area contributed by atoms with E-state index in [0.29, 0.717) is 80.2 Å². The van der Waals surface area contributed by atoms with Crippen LogP contribution in [-0.2, 0) is 38.4 Å². The van der Waals surface area contributed by atoms with Crippen LogP contribution in [0.3, 0.4) is 0 Å². The molecule has 1 spiro atoms. The highest BCUT2D eigenvalue weighted by atomic mass is 16.6. The summed E-state index contributed by atoms with van der Waals surface area (Å²) in [5.74, 6) is 6.98. The van der Waals surface area contributed by atoms with Gasteiger partial charge in [0.15, 0.2) is 0 Å². The fourth-order valence-electron chi connectivity index (χ4n) is 17.6. The number of hydrogen-bond acceptors (Lipinski definition) is 12. The molecule has 6 heterocycles. The Labute approximate surface area is 489 Å². The highest BCUT2D eigenvalue weighted by Gasteiger charge is 2.69.